The summed E-state index contributed by atoms with van der Waals surface area (Å²) in [7, 11) is 0. The fourth-order valence-electron chi connectivity index (χ4n) is 2.48. The first-order valence-corrected chi connectivity index (χ1v) is 9.68. The van der Waals surface area contributed by atoms with Gasteiger partial charge in [0.1, 0.15) is 5.82 Å². The van der Waals surface area contributed by atoms with Crippen molar-refractivity contribution >= 4 is 40.1 Å². The predicted octanol–water partition coefficient (Wildman–Crippen LogP) is 6.38. The molecule has 1 amide bonds. The molecule has 1 heterocycles. The molecule has 3 nitrogen and oxygen atoms in total. The molecule has 1 N–H and O–H groups in total. The Kier molecular flexibility index (Phi) is 6.04. The van der Waals surface area contributed by atoms with Crippen molar-refractivity contribution in [1.82, 2.24) is 4.98 Å². The summed E-state index contributed by atoms with van der Waals surface area (Å²) in [4.78, 5) is 16.5. The Balaban J connectivity index is 1.68. The van der Waals surface area contributed by atoms with Gasteiger partial charge in [-0.25, -0.2) is 9.37 Å². The number of nitrogens with zero attached hydrogens (tertiary/aromatic N) is 1. The average Bonchev–Trinajstić information content (AvgIpc) is 3.09. The highest BCUT2D eigenvalue weighted by Crippen LogP contribution is 2.26. The third-order valence-corrected chi connectivity index (χ3v) is 5.10. The van der Waals surface area contributed by atoms with Crippen molar-refractivity contribution in [3.05, 3.63) is 75.9 Å². The van der Waals surface area contributed by atoms with Crippen LogP contribution in [0.5, 0.6) is 0 Å². The van der Waals surface area contributed by atoms with Gasteiger partial charge >= 0.3 is 0 Å². The molecule has 6 heteroatoms. The number of carbonyl (C=O) groups excluding carboxylic acids is 1. The van der Waals surface area contributed by atoms with Crippen LogP contribution >= 0.6 is 22.9 Å². The minimum absolute atomic E-state index is 0.180. The number of amides is 1. The summed E-state index contributed by atoms with van der Waals surface area (Å²) in [5.74, 6) is -0.405. The number of hydrogen-bond acceptors (Lipinski definition) is 3. The fraction of sp³-hybridized carbons (Fsp3) is 0.143. The van der Waals surface area contributed by atoms with Crippen LogP contribution in [0.2, 0.25) is 5.02 Å². The Hall–Kier alpha value is -2.50. The van der Waals surface area contributed by atoms with Gasteiger partial charge in [-0.1, -0.05) is 55.8 Å². The minimum atomic E-state index is -0.479. The molecule has 2 aromatic carbocycles. The van der Waals surface area contributed by atoms with Crippen LogP contribution in [-0.4, -0.2) is 10.9 Å². The largest absolute Gasteiger partial charge is 0.298 e. The number of halogens is 2. The van der Waals surface area contributed by atoms with Gasteiger partial charge < -0.3 is 0 Å². The second-order valence-corrected chi connectivity index (χ2v) is 7.54. The summed E-state index contributed by atoms with van der Waals surface area (Å²) >= 11 is 7.28. The lowest BCUT2D eigenvalue weighted by Gasteiger charge is -2.05. The normalized spacial score (nSPS) is 11.3. The van der Waals surface area contributed by atoms with Gasteiger partial charge in [-0.05, 0) is 29.7 Å². The summed E-state index contributed by atoms with van der Waals surface area (Å²) in [6.45, 7) is 4.29. The summed E-state index contributed by atoms with van der Waals surface area (Å²) in [6, 6.07) is 12.6. The van der Waals surface area contributed by atoms with Crippen molar-refractivity contribution in [2.75, 3.05) is 5.32 Å². The predicted molar refractivity (Wildman–Crippen MR) is 111 cm³/mol. The van der Waals surface area contributed by atoms with E-state index in [2.05, 4.69) is 36.3 Å². The van der Waals surface area contributed by atoms with Crippen LogP contribution in [0.3, 0.4) is 0 Å². The number of nitrogens with one attached hydrogen (secondary N) is 1. The number of aromatic nitrogens is 1. The number of anilines is 1. The van der Waals surface area contributed by atoms with E-state index in [1.807, 2.05) is 17.5 Å². The zero-order valence-electron chi connectivity index (χ0n) is 14.9. The topological polar surface area (TPSA) is 42.0 Å². The molecule has 0 aliphatic rings. The van der Waals surface area contributed by atoms with E-state index in [1.165, 1.54) is 41.2 Å². The molecule has 27 heavy (non-hydrogen) atoms. The molecule has 0 aliphatic carbocycles. The Morgan fingerprint density at radius 2 is 1.96 bits per heavy atom. The van der Waals surface area contributed by atoms with Crippen LogP contribution < -0.4 is 5.32 Å². The van der Waals surface area contributed by atoms with Gasteiger partial charge in [-0.15, -0.1) is 11.3 Å². The maximum absolute atomic E-state index is 13.7. The van der Waals surface area contributed by atoms with Gasteiger partial charge in [-0.3, -0.25) is 10.1 Å². The van der Waals surface area contributed by atoms with E-state index in [0.717, 1.165) is 11.3 Å². The van der Waals surface area contributed by atoms with Crippen LogP contribution in [0.25, 0.3) is 17.3 Å². The Labute approximate surface area is 166 Å². The van der Waals surface area contributed by atoms with Gasteiger partial charge in [-0.2, -0.15) is 0 Å². The lowest BCUT2D eigenvalue weighted by Crippen LogP contribution is -2.07. The monoisotopic (exact) mass is 400 g/mol. The first-order valence-electron chi connectivity index (χ1n) is 8.43. The summed E-state index contributed by atoms with van der Waals surface area (Å²) in [5.41, 5.74) is 3.23. The van der Waals surface area contributed by atoms with Gasteiger partial charge in [0.05, 0.1) is 10.7 Å². The fourth-order valence-corrected chi connectivity index (χ4v) is 3.43. The molecule has 3 aromatic rings. The number of thiazole rings is 1. The maximum Gasteiger partial charge on any atom is 0.250 e. The quantitative estimate of drug-likeness (QED) is 0.505. The van der Waals surface area contributed by atoms with Crippen LogP contribution in [0.1, 0.15) is 30.9 Å². The SMILES string of the molecule is CC(C)c1ccc(-c2csc(NC(=O)/C=C/c3c(F)cccc3Cl)n2)cc1. The Morgan fingerprint density at radius 3 is 2.63 bits per heavy atom. The highest BCUT2D eigenvalue weighted by atomic mass is 35.5. The molecule has 0 spiro atoms. The van der Waals surface area contributed by atoms with Crippen LogP contribution in [0.4, 0.5) is 9.52 Å². The van der Waals surface area contributed by atoms with E-state index in [4.69, 9.17) is 11.6 Å². The first kappa shape index (κ1) is 19.3. The van der Waals surface area contributed by atoms with E-state index < -0.39 is 11.7 Å². The molecule has 0 atom stereocenters. The van der Waals surface area contributed by atoms with Crippen molar-refractivity contribution < 1.29 is 9.18 Å². The average molecular weight is 401 g/mol. The maximum atomic E-state index is 13.7. The zero-order chi connectivity index (χ0) is 19.4. The third-order valence-electron chi connectivity index (χ3n) is 4.01. The molecule has 0 radical (unpaired) electrons. The number of hydrogen-bond donors (Lipinski definition) is 1. The molecular formula is C21H18ClFN2OS. The Morgan fingerprint density at radius 1 is 1.22 bits per heavy atom. The van der Waals surface area contributed by atoms with E-state index >= 15 is 0 Å². The summed E-state index contributed by atoms with van der Waals surface area (Å²) < 4.78 is 13.7. The second-order valence-electron chi connectivity index (χ2n) is 6.27. The first-order chi connectivity index (χ1) is 12.9. The number of benzene rings is 2. The van der Waals surface area contributed by atoms with E-state index in [9.17, 15) is 9.18 Å². The smallest absolute Gasteiger partial charge is 0.250 e. The lowest BCUT2D eigenvalue weighted by molar-refractivity contribution is -0.111. The van der Waals surface area contributed by atoms with Crippen molar-refractivity contribution in [1.29, 1.82) is 0 Å². The zero-order valence-corrected chi connectivity index (χ0v) is 16.4. The molecule has 0 fully saturated rings. The highest BCUT2D eigenvalue weighted by molar-refractivity contribution is 7.14. The highest BCUT2D eigenvalue weighted by Gasteiger charge is 2.08. The summed E-state index contributed by atoms with van der Waals surface area (Å²) in [5, 5.41) is 5.30. The number of rotatable bonds is 5. The molecule has 0 unspecified atom stereocenters. The van der Waals surface area contributed by atoms with Crippen molar-refractivity contribution in [2.45, 2.75) is 19.8 Å². The minimum Gasteiger partial charge on any atom is -0.298 e. The van der Waals surface area contributed by atoms with Crippen molar-refractivity contribution in [3.8, 4) is 11.3 Å². The van der Waals surface area contributed by atoms with Gasteiger partial charge in [0, 0.05) is 22.6 Å². The summed E-state index contributed by atoms with van der Waals surface area (Å²) in [6.07, 6.45) is 2.59. The van der Waals surface area contributed by atoms with Gasteiger partial charge in [0.2, 0.25) is 5.91 Å². The van der Waals surface area contributed by atoms with Crippen molar-refractivity contribution in [3.63, 3.8) is 0 Å². The van der Waals surface area contributed by atoms with Gasteiger partial charge in [0.25, 0.3) is 0 Å². The van der Waals surface area contributed by atoms with E-state index in [1.54, 1.807) is 6.07 Å². The van der Waals surface area contributed by atoms with E-state index in [-0.39, 0.29) is 10.6 Å². The Bertz CT molecular complexity index is 960. The lowest BCUT2D eigenvalue weighted by atomic mass is 10.0. The molecule has 0 saturated heterocycles. The van der Waals surface area contributed by atoms with Crippen LogP contribution in [-0.2, 0) is 4.79 Å². The van der Waals surface area contributed by atoms with Crippen molar-refractivity contribution in [2.24, 2.45) is 0 Å². The molecule has 138 valence electrons. The molecular weight excluding hydrogens is 383 g/mol. The molecule has 3 rings (SSSR count). The molecule has 1 aromatic heterocycles. The van der Waals surface area contributed by atoms with E-state index in [0.29, 0.717) is 11.0 Å². The van der Waals surface area contributed by atoms with Gasteiger partial charge in [0.15, 0.2) is 5.13 Å². The van der Waals surface area contributed by atoms with Crippen LogP contribution in [0.15, 0.2) is 53.9 Å². The van der Waals surface area contributed by atoms with Crippen LogP contribution in [0, 0.1) is 5.82 Å². The number of carbonyl (C=O) groups is 1. The molecule has 0 aliphatic heterocycles. The second kappa shape index (κ2) is 8.46. The molecule has 0 bridgehead atoms. The standard InChI is InChI=1S/C21H18ClFN2OS/c1-13(2)14-6-8-15(9-7-14)19-12-27-21(24-19)25-20(26)11-10-16-17(22)4-3-5-18(16)23/h3-13H,1-2H3,(H,24,25,26)/b11-10+. The molecule has 0 saturated carbocycles. The third kappa shape index (κ3) is 4.81.